The van der Waals surface area contributed by atoms with Crippen LogP contribution in [0.15, 0.2) is 10.1 Å². The van der Waals surface area contributed by atoms with Gasteiger partial charge in [-0.1, -0.05) is 12.1 Å². The molecule has 0 aromatic rings. The van der Waals surface area contributed by atoms with E-state index < -0.39 is 0 Å². The molecule has 0 rings (SSSR count). The van der Waals surface area contributed by atoms with Crippen LogP contribution >= 0.6 is 0 Å². The molecule has 3 nitrogen and oxygen atoms in total. The van der Waals surface area contributed by atoms with Crippen molar-refractivity contribution in [3.05, 3.63) is 0 Å². The van der Waals surface area contributed by atoms with E-state index in [1.54, 1.807) is 14.0 Å². The Morgan fingerprint density at radius 2 is 2.11 bits per heavy atom. The second-order valence-corrected chi connectivity index (χ2v) is 1.71. The highest BCUT2D eigenvalue weighted by molar-refractivity contribution is 6.41. The zero-order valence-corrected chi connectivity index (χ0v) is 6.05. The van der Waals surface area contributed by atoms with Crippen LogP contribution in [0.2, 0.25) is 0 Å². The van der Waals surface area contributed by atoms with Gasteiger partial charge >= 0.3 is 0 Å². The lowest BCUT2D eigenvalue weighted by molar-refractivity contribution is 0.320. The van der Waals surface area contributed by atoms with Crippen LogP contribution in [0.3, 0.4) is 0 Å². The number of nitrogens with zero attached hydrogens (tertiary/aromatic N) is 2. The highest BCUT2D eigenvalue weighted by atomic mass is 16.4. The zero-order chi connectivity index (χ0) is 7.28. The van der Waals surface area contributed by atoms with Gasteiger partial charge in [-0.3, -0.25) is 4.99 Å². The maximum atomic E-state index is 8.27. The predicted molar refractivity (Wildman–Crippen MR) is 38.5 cm³/mol. The summed E-state index contributed by atoms with van der Waals surface area (Å²) in [5, 5.41) is 11.3. The van der Waals surface area contributed by atoms with Crippen molar-refractivity contribution in [2.24, 2.45) is 10.1 Å². The fourth-order valence-corrected chi connectivity index (χ4v) is 0.633. The van der Waals surface area contributed by atoms with E-state index in [4.69, 9.17) is 5.21 Å². The molecule has 0 heterocycles. The maximum Gasteiger partial charge on any atom is 0.0974 e. The van der Waals surface area contributed by atoms with Gasteiger partial charge in [0.15, 0.2) is 0 Å². The molecule has 3 heteroatoms. The molecule has 0 atom stereocenters. The Hall–Kier alpha value is -0.860. The summed E-state index contributed by atoms with van der Waals surface area (Å²) in [6.07, 6.45) is 0.812. The van der Waals surface area contributed by atoms with Gasteiger partial charge in [-0.05, 0) is 13.3 Å². The minimum absolute atomic E-state index is 0.597. The van der Waals surface area contributed by atoms with E-state index >= 15 is 0 Å². The average molecular weight is 128 g/mol. The third-order valence-corrected chi connectivity index (χ3v) is 1.17. The Labute approximate surface area is 55.1 Å². The minimum Gasteiger partial charge on any atom is -0.411 e. The topological polar surface area (TPSA) is 45.0 Å². The van der Waals surface area contributed by atoms with E-state index in [1.807, 2.05) is 6.92 Å². The predicted octanol–water partition coefficient (Wildman–Crippen LogP) is 1.32. The summed E-state index contributed by atoms with van der Waals surface area (Å²) < 4.78 is 0. The molecule has 9 heavy (non-hydrogen) atoms. The Bertz CT molecular complexity index is 138. The fourth-order valence-electron chi connectivity index (χ4n) is 0.633. The van der Waals surface area contributed by atoms with Gasteiger partial charge in [0, 0.05) is 7.05 Å². The van der Waals surface area contributed by atoms with Gasteiger partial charge in [-0.15, -0.1) is 0 Å². The molecular weight excluding hydrogens is 116 g/mol. The number of aliphatic imine (C=N–C) groups is 1. The lowest BCUT2D eigenvalue weighted by Gasteiger charge is -1.96. The first-order valence-electron chi connectivity index (χ1n) is 2.91. The summed E-state index contributed by atoms with van der Waals surface area (Å²) >= 11 is 0. The first-order chi connectivity index (χ1) is 4.26. The van der Waals surface area contributed by atoms with Crippen molar-refractivity contribution in [2.45, 2.75) is 20.3 Å². The maximum absolute atomic E-state index is 8.27. The number of oxime groups is 1. The molecule has 0 aromatic heterocycles. The second kappa shape index (κ2) is 4.06. The van der Waals surface area contributed by atoms with E-state index in [1.165, 1.54) is 0 Å². The highest BCUT2D eigenvalue weighted by Crippen LogP contribution is 1.87. The molecule has 52 valence electrons. The molecule has 0 saturated heterocycles. The molecule has 0 aliphatic carbocycles. The Morgan fingerprint density at radius 1 is 1.56 bits per heavy atom. The molecule has 0 fully saturated rings. The summed E-state index contributed by atoms with van der Waals surface area (Å²) in [4.78, 5) is 3.90. The van der Waals surface area contributed by atoms with Crippen LogP contribution in [-0.4, -0.2) is 23.7 Å². The molecular formula is C6H12N2O. The van der Waals surface area contributed by atoms with E-state index in [-0.39, 0.29) is 0 Å². The van der Waals surface area contributed by atoms with E-state index in [0.29, 0.717) is 5.71 Å². The van der Waals surface area contributed by atoms with Crippen molar-refractivity contribution in [2.75, 3.05) is 7.05 Å². The molecule has 0 bridgehead atoms. The molecule has 0 unspecified atom stereocenters. The third kappa shape index (κ3) is 2.26. The lowest BCUT2D eigenvalue weighted by atomic mass is 10.2. The quantitative estimate of drug-likeness (QED) is 0.340. The summed E-state index contributed by atoms with van der Waals surface area (Å²) in [6.45, 7) is 3.70. The molecule has 0 aliphatic heterocycles. The van der Waals surface area contributed by atoms with Crippen LogP contribution in [0.1, 0.15) is 20.3 Å². The zero-order valence-electron chi connectivity index (χ0n) is 6.05. The van der Waals surface area contributed by atoms with Gasteiger partial charge in [0.05, 0.1) is 11.4 Å². The summed E-state index contributed by atoms with van der Waals surface area (Å²) in [5.41, 5.74) is 1.44. The molecule has 1 N–H and O–H groups in total. The molecule has 0 radical (unpaired) electrons. The van der Waals surface area contributed by atoms with Crippen molar-refractivity contribution < 1.29 is 5.21 Å². The lowest BCUT2D eigenvalue weighted by Crippen LogP contribution is -2.08. The first-order valence-corrected chi connectivity index (χ1v) is 2.91. The van der Waals surface area contributed by atoms with Gasteiger partial charge in [-0.2, -0.15) is 0 Å². The monoisotopic (exact) mass is 128 g/mol. The normalized spacial score (nSPS) is 14.1. The number of hydrogen-bond donors (Lipinski definition) is 1. The molecule has 0 aliphatic rings. The number of rotatable bonds is 2. The smallest absolute Gasteiger partial charge is 0.0974 e. The average Bonchev–Trinajstić information content (AvgIpc) is 1.90. The van der Waals surface area contributed by atoms with Crippen LogP contribution in [0.25, 0.3) is 0 Å². The van der Waals surface area contributed by atoms with E-state index in [2.05, 4.69) is 10.1 Å². The SMILES string of the molecule is CCC(=NC)/C(C)=N/O. The Morgan fingerprint density at radius 3 is 2.22 bits per heavy atom. The first kappa shape index (κ1) is 8.14. The van der Waals surface area contributed by atoms with Gasteiger partial charge in [0.1, 0.15) is 0 Å². The van der Waals surface area contributed by atoms with E-state index in [0.717, 1.165) is 12.1 Å². The van der Waals surface area contributed by atoms with Gasteiger partial charge in [-0.25, -0.2) is 0 Å². The highest BCUT2D eigenvalue weighted by Gasteiger charge is 1.97. The summed E-state index contributed by atoms with van der Waals surface area (Å²) in [7, 11) is 1.69. The van der Waals surface area contributed by atoms with Gasteiger partial charge in [0.25, 0.3) is 0 Å². The summed E-state index contributed by atoms with van der Waals surface area (Å²) in [5.74, 6) is 0. The largest absolute Gasteiger partial charge is 0.411 e. The Kier molecular flexibility index (Phi) is 3.67. The van der Waals surface area contributed by atoms with Crippen LogP contribution in [-0.2, 0) is 0 Å². The van der Waals surface area contributed by atoms with Crippen LogP contribution in [0.4, 0.5) is 0 Å². The van der Waals surface area contributed by atoms with Crippen LogP contribution in [0.5, 0.6) is 0 Å². The van der Waals surface area contributed by atoms with Crippen molar-refractivity contribution in [3.8, 4) is 0 Å². The van der Waals surface area contributed by atoms with Crippen molar-refractivity contribution in [1.82, 2.24) is 0 Å². The van der Waals surface area contributed by atoms with Crippen molar-refractivity contribution in [3.63, 3.8) is 0 Å². The van der Waals surface area contributed by atoms with Gasteiger partial charge < -0.3 is 5.21 Å². The third-order valence-electron chi connectivity index (χ3n) is 1.17. The molecule has 0 spiro atoms. The molecule has 0 saturated carbocycles. The fraction of sp³-hybridized carbons (Fsp3) is 0.667. The van der Waals surface area contributed by atoms with Crippen LogP contribution < -0.4 is 0 Å². The van der Waals surface area contributed by atoms with E-state index in [9.17, 15) is 0 Å². The number of hydrogen-bond acceptors (Lipinski definition) is 3. The van der Waals surface area contributed by atoms with Crippen molar-refractivity contribution >= 4 is 11.4 Å². The molecule has 0 aromatic carbocycles. The Balaban J connectivity index is 4.14. The minimum atomic E-state index is 0.597. The standard InChI is InChI=1S/C6H12N2O/c1-4-6(7-3)5(2)8-9/h9H,4H2,1-3H3/b7-6?,8-5+. The summed E-state index contributed by atoms with van der Waals surface area (Å²) in [6, 6.07) is 0. The molecule has 0 amide bonds. The van der Waals surface area contributed by atoms with Crippen molar-refractivity contribution in [1.29, 1.82) is 0 Å². The van der Waals surface area contributed by atoms with Crippen LogP contribution in [0, 0.1) is 0 Å². The van der Waals surface area contributed by atoms with Gasteiger partial charge in [0.2, 0.25) is 0 Å². The second-order valence-electron chi connectivity index (χ2n) is 1.71.